The summed E-state index contributed by atoms with van der Waals surface area (Å²) in [5.74, 6) is -0.0999. The van der Waals surface area contributed by atoms with Crippen molar-refractivity contribution < 1.29 is 14.3 Å². The number of nitrogens with two attached hydrogens (primary N) is 1. The summed E-state index contributed by atoms with van der Waals surface area (Å²) >= 11 is 0. The van der Waals surface area contributed by atoms with Gasteiger partial charge in [-0.3, -0.25) is 9.59 Å². The first kappa shape index (κ1) is 24.4. The number of anilines is 2. The minimum absolute atomic E-state index is 0.00943. The van der Waals surface area contributed by atoms with Crippen molar-refractivity contribution in [2.45, 2.75) is 45.3 Å². The Balaban J connectivity index is 1.71. The predicted octanol–water partition coefficient (Wildman–Crippen LogP) is 3.28. The fourth-order valence-corrected chi connectivity index (χ4v) is 3.15. The molecule has 2 aromatic rings. The third-order valence-electron chi connectivity index (χ3n) is 4.67. The molecule has 5 N–H and O–H groups in total. The molecule has 0 bridgehead atoms. The Labute approximate surface area is 184 Å². The fourth-order valence-electron chi connectivity index (χ4n) is 3.15. The maximum absolute atomic E-state index is 12.2. The second-order valence-corrected chi connectivity index (χ2v) is 7.48. The third-order valence-corrected chi connectivity index (χ3v) is 4.67. The highest BCUT2D eigenvalue weighted by atomic mass is 16.5. The van der Waals surface area contributed by atoms with E-state index in [0.29, 0.717) is 39.1 Å². The lowest BCUT2D eigenvalue weighted by Crippen LogP contribution is -2.38. The van der Waals surface area contributed by atoms with Crippen LogP contribution in [0.25, 0.3) is 0 Å². The first-order valence-corrected chi connectivity index (χ1v) is 10.8. The Morgan fingerprint density at radius 2 is 1.81 bits per heavy atom. The van der Waals surface area contributed by atoms with Gasteiger partial charge in [-0.2, -0.15) is 0 Å². The topological polar surface area (TPSA) is 105 Å². The molecule has 2 amide bonds. The van der Waals surface area contributed by atoms with E-state index in [-0.39, 0.29) is 17.9 Å². The molecule has 0 aromatic heterocycles. The quantitative estimate of drug-likeness (QED) is 0.347. The molecule has 7 heteroatoms. The summed E-state index contributed by atoms with van der Waals surface area (Å²) in [6.45, 7) is 3.79. The molecule has 0 aliphatic carbocycles. The highest BCUT2D eigenvalue weighted by Crippen LogP contribution is 2.16. The highest BCUT2D eigenvalue weighted by Gasteiger charge is 2.10. The van der Waals surface area contributed by atoms with Gasteiger partial charge in [0, 0.05) is 43.9 Å². The monoisotopic (exact) mass is 426 g/mol. The number of nitrogens with one attached hydrogen (secondary N) is 3. The van der Waals surface area contributed by atoms with Crippen LogP contribution in [0, 0.1) is 0 Å². The number of benzene rings is 2. The minimum atomic E-state index is -0.0578. The van der Waals surface area contributed by atoms with E-state index in [1.807, 2.05) is 54.6 Å². The van der Waals surface area contributed by atoms with Gasteiger partial charge in [0.15, 0.2) is 0 Å². The molecular weight excluding hydrogens is 392 g/mol. The zero-order valence-corrected chi connectivity index (χ0v) is 18.2. The van der Waals surface area contributed by atoms with E-state index in [1.165, 1.54) is 6.92 Å². The summed E-state index contributed by atoms with van der Waals surface area (Å²) in [4.78, 5) is 23.6. The van der Waals surface area contributed by atoms with Crippen LogP contribution >= 0.6 is 0 Å². The normalized spacial score (nSPS) is 11.5. The zero-order chi connectivity index (χ0) is 22.3. The van der Waals surface area contributed by atoms with Crippen LogP contribution in [0.1, 0.15) is 38.2 Å². The molecule has 0 aliphatic heterocycles. The molecule has 2 aromatic carbocycles. The summed E-state index contributed by atoms with van der Waals surface area (Å²) in [5, 5.41) is 9.18. The van der Waals surface area contributed by atoms with E-state index in [9.17, 15) is 9.59 Å². The first-order valence-electron chi connectivity index (χ1n) is 10.8. The van der Waals surface area contributed by atoms with Crippen molar-refractivity contribution in [3.05, 3.63) is 60.2 Å². The van der Waals surface area contributed by atoms with Crippen LogP contribution in [0.3, 0.4) is 0 Å². The molecule has 0 saturated heterocycles. The van der Waals surface area contributed by atoms with Crippen molar-refractivity contribution >= 4 is 23.2 Å². The van der Waals surface area contributed by atoms with E-state index >= 15 is 0 Å². The summed E-state index contributed by atoms with van der Waals surface area (Å²) in [5.41, 5.74) is 8.32. The van der Waals surface area contributed by atoms with E-state index < -0.39 is 0 Å². The van der Waals surface area contributed by atoms with Crippen LogP contribution in [0.5, 0.6) is 0 Å². The summed E-state index contributed by atoms with van der Waals surface area (Å²) < 4.78 is 5.62. The molecule has 0 aliphatic rings. The van der Waals surface area contributed by atoms with Crippen molar-refractivity contribution in [3.8, 4) is 0 Å². The van der Waals surface area contributed by atoms with Crippen LogP contribution in [0.2, 0.25) is 0 Å². The largest absolute Gasteiger partial charge is 0.383 e. The van der Waals surface area contributed by atoms with Gasteiger partial charge in [-0.15, -0.1) is 0 Å². The summed E-state index contributed by atoms with van der Waals surface area (Å²) in [6, 6.07) is 17.5. The smallest absolute Gasteiger partial charge is 0.224 e. The molecular formula is C24H34N4O3. The maximum Gasteiger partial charge on any atom is 0.224 e. The van der Waals surface area contributed by atoms with Gasteiger partial charge in [0.25, 0.3) is 0 Å². The number of rotatable bonds is 14. The molecule has 7 nitrogen and oxygen atoms in total. The Bertz CT molecular complexity index is 798. The number of hydrogen-bond donors (Lipinski definition) is 4. The van der Waals surface area contributed by atoms with E-state index in [0.717, 1.165) is 29.8 Å². The second-order valence-electron chi connectivity index (χ2n) is 7.48. The molecule has 0 heterocycles. The van der Waals surface area contributed by atoms with Gasteiger partial charge in [-0.25, -0.2) is 0 Å². The average Bonchev–Trinajstić information content (AvgIpc) is 2.76. The van der Waals surface area contributed by atoms with Crippen molar-refractivity contribution in [3.63, 3.8) is 0 Å². The number of ether oxygens (including phenoxy) is 1. The van der Waals surface area contributed by atoms with E-state index in [1.54, 1.807) is 0 Å². The van der Waals surface area contributed by atoms with Crippen LogP contribution in [-0.4, -0.2) is 37.6 Å². The van der Waals surface area contributed by atoms with Gasteiger partial charge in [0.05, 0.1) is 6.61 Å². The van der Waals surface area contributed by atoms with Gasteiger partial charge < -0.3 is 26.4 Å². The van der Waals surface area contributed by atoms with Gasteiger partial charge in [0.2, 0.25) is 11.8 Å². The fraction of sp³-hybridized carbons (Fsp3) is 0.417. The van der Waals surface area contributed by atoms with Crippen molar-refractivity contribution in [2.24, 2.45) is 5.73 Å². The molecule has 0 spiro atoms. The predicted molar refractivity (Wildman–Crippen MR) is 125 cm³/mol. The van der Waals surface area contributed by atoms with Crippen molar-refractivity contribution in [2.75, 3.05) is 30.3 Å². The second kappa shape index (κ2) is 14.2. The minimum Gasteiger partial charge on any atom is -0.383 e. The molecule has 2 rings (SSSR count). The molecule has 1 atom stereocenters. The number of carbonyl (C=O) groups is 2. The van der Waals surface area contributed by atoms with Gasteiger partial charge >= 0.3 is 0 Å². The molecule has 0 fully saturated rings. The van der Waals surface area contributed by atoms with Crippen molar-refractivity contribution in [1.82, 2.24) is 5.32 Å². The van der Waals surface area contributed by atoms with E-state index in [4.69, 9.17) is 10.5 Å². The Kier molecular flexibility index (Phi) is 11.1. The summed E-state index contributed by atoms with van der Waals surface area (Å²) in [6.07, 6.45) is 2.72. The number of hydrogen-bond acceptors (Lipinski definition) is 5. The van der Waals surface area contributed by atoms with Gasteiger partial charge in [-0.1, -0.05) is 36.4 Å². The first-order chi connectivity index (χ1) is 15.1. The third kappa shape index (κ3) is 10.6. The lowest BCUT2D eigenvalue weighted by atomic mass is 10.1. The number of amides is 2. The Morgan fingerprint density at radius 1 is 1.03 bits per heavy atom. The Morgan fingerprint density at radius 3 is 2.55 bits per heavy atom. The van der Waals surface area contributed by atoms with Crippen LogP contribution in [0.4, 0.5) is 11.4 Å². The Hall–Kier alpha value is -2.90. The number of carbonyl (C=O) groups excluding carboxylic acids is 2. The maximum atomic E-state index is 12.2. The molecule has 0 radical (unpaired) electrons. The highest BCUT2D eigenvalue weighted by molar-refractivity contribution is 5.91. The average molecular weight is 427 g/mol. The standard InChI is InChI=1S/C24H34N4O3/c1-19(29)27-23(12-6-14-25)17-26-21-10-5-11-22(16-21)28-24(30)13-7-15-31-18-20-8-3-2-4-9-20/h2-5,8-11,16,23,26H,6-7,12-15,17-18,25H2,1H3,(H,27,29)(H,28,30). The van der Waals surface area contributed by atoms with Gasteiger partial charge in [-0.05, 0) is 49.6 Å². The van der Waals surface area contributed by atoms with Crippen LogP contribution in [-0.2, 0) is 20.9 Å². The molecule has 168 valence electrons. The molecule has 0 saturated carbocycles. The van der Waals surface area contributed by atoms with E-state index in [2.05, 4.69) is 16.0 Å². The van der Waals surface area contributed by atoms with Gasteiger partial charge in [0.1, 0.15) is 0 Å². The molecule has 31 heavy (non-hydrogen) atoms. The van der Waals surface area contributed by atoms with Crippen LogP contribution < -0.4 is 21.7 Å². The van der Waals surface area contributed by atoms with Crippen LogP contribution in [0.15, 0.2) is 54.6 Å². The SMILES string of the molecule is CC(=O)NC(CCCN)CNc1cccc(NC(=O)CCCOCc2ccccc2)c1. The lowest BCUT2D eigenvalue weighted by Gasteiger charge is -2.19. The zero-order valence-electron chi connectivity index (χ0n) is 18.2. The van der Waals surface area contributed by atoms with Crippen molar-refractivity contribution in [1.29, 1.82) is 0 Å². The lowest BCUT2D eigenvalue weighted by molar-refractivity contribution is -0.119. The molecule has 1 unspecified atom stereocenters. The summed E-state index contributed by atoms with van der Waals surface area (Å²) in [7, 11) is 0.